The Morgan fingerprint density at radius 2 is 1.60 bits per heavy atom. The van der Waals surface area contributed by atoms with E-state index in [-0.39, 0.29) is 5.97 Å². The highest BCUT2D eigenvalue weighted by molar-refractivity contribution is 6.02. The first kappa shape index (κ1) is 17.2. The number of hydrogen-bond donors (Lipinski definition) is 0. The van der Waals surface area contributed by atoms with E-state index < -0.39 is 0 Å². The number of nitrogens with zero attached hydrogens (tertiary/aromatic N) is 1. The fourth-order valence-electron chi connectivity index (χ4n) is 3.04. The van der Waals surface area contributed by atoms with Gasteiger partial charge < -0.3 is 4.74 Å². The molecule has 3 nitrogen and oxygen atoms in total. The Balaban J connectivity index is 1.84. The molecule has 3 aromatic rings. The number of ether oxygens (including phenoxy) is 1. The maximum atomic E-state index is 11.5. The molecule has 128 valence electrons. The highest BCUT2D eigenvalue weighted by Gasteiger charge is 2.10. The Morgan fingerprint density at radius 1 is 1.04 bits per heavy atom. The third-order valence-corrected chi connectivity index (χ3v) is 4.37. The first-order chi connectivity index (χ1) is 12.1. The van der Waals surface area contributed by atoms with Gasteiger partial charge in [-0.1, -0.05) is 55.1 Å². The van der Waals surface area contributed by atoms with Crippen LogP contribution < -0.4 is 0 Å². The van der Waals surface area contributed by atoms with Gasteiger partial charge in [0.15, 0.2) is 0 Å². The first-order valence-corrected chi connectivity index (χ1v) is 8.47. The predicted molar refractivity (Wildman–Crippen MR) is 104 cm³/mol. The Bertz CT molecular complexity index is 876. The van der Waals surface area contributed by atoms with E-state index in [4.69, 9.17) is 4.74 Å². The van der Waals surface area contributed by atoms with E-state index in [0.29, 0.717) is 18.7 Å². The van der Waals surface area contributed by atoms with Gasteiger partial charge in [0.05, 0.1) is 0 Å². The van der Waals surface area contributed by atoms with Crippen LogP contribution in [0.2, 0.25) is 0 Å². The van der Waals surface area contributed by atoms with E-state index >= 15 is 0 Å². The summed E-state index contributed by atoms with van der Waals surface area (Å²) < 4.78 is 5.21. The van der Waals surface area contributed by atoms with Crippen molar-refractivity contribution in [1.82, 2.24) is 4.90 Å². The highest BCUT2D eigenvalue weighted by atomic mass is 16.5. The van der Waals surface area contributed by atoms with E-state index in [0.717, 1.165) is 6.54 Å². The van der Waals surface area contributed by atoms with Crippen molar-refractivity contribution in [2.75, 3.05) is 20.2 Å². The molecule has 25 heavy (non-hydrogen) atoms. The minimum absolute atomic E-state index is 0.330. The summed E-state index contributed by atoms with van der Waals surface area (Å²) in [5, 5.41) is 5.04. The van der Waals surface area contributed by atoms with Crippen molar-refractivity contribution in [2.24, 2.45) is 0 Å². The van der Waals surface area contributed by atoms with E-state index in [9.17, 15) is 4.79 Å². The van der Waals surface area contributed by atoms with Gasteiger partial charge >= 0.3 is 5.97 Å². The number of carbonyl (C=O) groups is 1. The number of hydrogen-bond acceptors (Lipinski definition) is 3. The van der Waals surface area contributed by atoms with Crippen molar-refractivity contribution in [3.63, 3.8) is 0 Å². The maximum absolute atomic E-state index is 11.5. The van der Waals surface area contributed by atoms with Crippen LogP contribution in [0.3, 0.4) is 0 Å². The zero-order valence-electron chi connectivity index (χ0n) is 14.8. The zero-order valence-corrected chi connectivity index (χ0v) is 14.8. The number of benzene rings is 3. The van der Waals surface area contributed by atoms with Crippen molar-refractivity contribution >= 4 is 27.5 Å². The zero-order chi connectivity index (χ0) is 17.8. The number of rotatable bonds is 6. The Morgan fingerprint density at radius 3 is 2.16 bits per heavy atom. The van der Waals surface area contributed by atoms with Crippen LogP contribution in [0.1, 0.15) is 12.5 Å². The topological polar surface area (TPSA) is 29.5 Å². The van der Waals surface area contributed by atoms with Gasteiger partial charge in [0.25, 0.3) is 0 Å². The number of fused-ring (bicyclic) bond motifs is 2. The van der Waals surface area contributed by atoms with E-state index in [1.807, 2.05) is 7.05 Å². The largest absolute Gasteiger partial charge is 0.461 e. The van der Waals surface area contributed by atoms with Crippen molar-refractivity contribution in [3.8, 4) is 0 Å². The fourth-order valence-corrected chi connectivity index (χ4v) is 3.04. The molecule has 0 spiro atoms. The molecule has 0 N–H and O–H groups in total. The Kier molecular flexibility index (Phi) is 5.15. The van der Waals surface area contributed by atoms with Crippen LogP contribution in [-0.4, -0.2) is 31.1 Å². The lowest BCUT2D eigenvalue weighted by Gasteiger charge is -2.19. The summed E-state index contributed by atoms with van der Waals surface area (Å²) in [6.45, 7) is 7.10. The van der Waals surface area contributed by atoms with Crippen LogP contribution in [0.25, 0.3) is 21.5 Å². The van der Waals surface area contributed by atoms with Crippen LogP contribution in [0.15, 0.2) is 66.7 Å². The molecule has 3 rings (SSSR count). The van der Waals surface area contributed by atoms with E-state index in [2.05, 4.69) is 66.1 Å². The molecule has 0 saturated carbocycles. The van der Waals surface area contributed by atoms with Crippen molar-refractivity contribution in [2.45, 2.75) is 13.5 Å². The van der Waals surface area contributed by atoms with Gasteiger partial charge in [0.1, 0.15) is 6.61 Å². The molecule has 0 radical (unpaired) electrons. The quantitative estimate of drug-likeness (QED) is 0.377. The molecule has 0 fully saturated rings. The molecule has 3 aromatic carbocycles. The average molecular weight is 333 g/mol. The van der Waals surface area contributed by atoms with Gasteiger partial charge in [-0.25, -0.2) is 4.79 Å². The van der Waals surface area contributed by atoms with Gasteiger partial charge in [-0.15, -0.1) is 0 Å². The van der Waals surface area contributed by atoms with E-state index in [1.54, 1.807) is 6.92 Å². The number of carbonyl (C=O) groups excluding carboxylic acids is 1. The summed E-state index contributed by atoms with van der Waals surface area (Å²) in [7, 11) is 2.05. The molecular formula is C22H23NO2. The van der Waals surface area contributed by atoms with Crippen molar-refractivity contribution in [3.05, 3.63) is 72.3 Å². The Hall–Kier alpha value is -2.65. The number of likely N-dealkylation sites (N-methyl/N-ethyl adjacent to an activating group) is 1. The molecule has 0 heterocycles. The molecule has 0 bridgehead atoms. The lowest BCUT2D eigenvalue weighted by atomic mass is 9.96. The molecule has 0 aromatic heterocycles. The SMILES string of the molecule is C=C(C)C(=O)OCCN(C)Cc1c2ccccc2cc2ccccc12. The van der Waals surface area contributed by atoms with Gasteiger partial charge in [-0.2, -0.15) is 0 Å². The van der Waals surface area contributed by atoms with Gasteiger partial charge in [0.2, 0.25) is 0 Å². The van der Waals surface area contributed by atoms with Crippen LogP contribution in [0.4, 0.5) is 0 Å². The monoisotopic (exact) mass is 333 g/mol. The summed E-state index contributed by atoms with van der Waals surface area (Å²) >= 11 is 0. The van der Waals surface area contributed by atoms with Crippen molar-refractivity contribution < 1.29 is 9.53 Å². The third kappa shape index (κ3) is 3.89. The van der Waals surface area contributed by atoms with Crippen LogP contribution in [0.5, 0.6) is 0 Å². The molecule has 0 saturated heterocycles. The number of esters is 1. The molecule has 0 aliphatic carbocycles. The lowest BCUT2D eigenvalue weighted by molar-refractivity contribution is -0.139. The Labute approximate surface area is 148 Å². The molecule has 0 aliphatic heterocycles. The minimum Gasteiger partial charge on any atom is -0.461 e. The minimum atomic E-state index is -0.330. The first-order valence-electron chi connectivity index (χ1n) is 8.47. The third-order valence-electron chi connectivity index (χ3n) is 4.37. The predicted octanol–water partition coefficient (Wildman–Crippen LogP) is 4.54. The molecule has 0 amide bonds. The van der Waals surface area contributed by atoms with E-state index in [1.165, 1.54) is 27.1 Å². The summed E-state index contributed by atoms with van der Waals surface area (Å²) in [6, 6.07) is 19.2. The smallest absolute Gasteiger partial charge is 0.333 e. The summed E-state index contributed by atoms with van der Waals surface area (Å²) in [4.78, 5) is 13.7. The fraction of sp³-hybridized carbons (Fsp3) is 0.227. The lowest BCUT2D eigenvalue weighted by Crippen LogP contribution is -2.24. The normalized spacial score (nSPS) is 11.2. The standard InChI is InChI=1S/C22H23NO2/c1-16(2)22(24)25-13-12-23(3)15-21-19-10-6-4-8-17(19)14-18-9-5-7-11-20(18)21/h4-11,14H,1,12-13,15H2,2-3H3. The molecule has 0 unspecified atom stereocenters. The second-order valence-corrected chi connectivity index (χ2v) is 6.45. The molecular weight excluding hydrogens is 310 g/mol. The van der Waals surface area contributed by atoms with Crippen molar-refractivity contribution in [1.29, 1.82) is 0 Å². The second-order valence-electron chi connectivity index (χ2n) is 6.45. The molecule has 3 heteroatoms. The van der Waals surface area contributed by atoms with Crippen LogP contribution in [-0.2, 0) is 16.1 Å². The average Bonchev–Trinajstić information content (AvgIpc) is 2.61. The van der Waals surface area contributed by atoms with Crippen LogP contribution in [0, 0.1) is 0 Å². The molecule has 0 aliphatic rings. The summed E-state index contributed by atoms with van der Waals surface area (Å²) in [5.74, 6) is -0.330. The van der Waals surface area contributed by atoms with Crippen LogP contribution >= 0.6 is 0 Å². The van der Waals surface area contributed by atoms with Gasteiger partial charge in [-0.3, -0.25) is 4.90 Å². The highest BCUT2D eigenvalue weighted by Crippen LogP contribution is 2.29. The summed E-state index contributed by atoms with van der Waals surface area (Å²) in [5.41, 5.74) is 1.74. The van der Waals surface area contributed by atoms with Gasteiger partial charge in [-0.05, 0) is 47.1 Å². The summed E-state index contributed by atoms with van der Waals surface area (Å²) in [6.07, 6.45) is 0. The second kappa shape index (κ2) is 7.49. The maximum Gasteiger partial charge on any atom is 0.333 e. The molecule has 0 atom stereocenters. The van der Waals surface area contributed by atoms with Gasteiger partial charge in [0, 0.05) is 18.7 Å².